The molecule has 25 heavy (non-hydrogen) atoms. The van der Waals surface area contributed by atoms with E-state index in [1.54, 1.807) is 18.4 Å². The van der Waals surface area contributed by atoms with Gasteiger partial charge in [-0.05, 0) is 38.2 Å². The van der Waals surface area contributed by atoms with Crippen molar-refractivity contribution in [1.29, 1.82) is 0 Å². The van der Waals surface area contributed by atoms with Crippen molar-refractivity contribution in [3.63, 3.8) is 0 Å². The summed E-state index contributed by atoms with van der Waals surface area (Å²) >= 11 is 1.75. The molecule has 1 fully saturated rings. The van der Waals surface area contributed by atoms with Crippen LogP contribution in [-0.2, 0) is 24.0 Å². The molecule has 1 saturated heterocycles. The first-order valence-corrected chi connectivity index (χ1v) is 9.87. The van der Waals surface area contributed by atoms with Gasteiger partial charge in [0.1, 0.15) is 5.76 Å². The molecule has 134 valence electrons. The van der Waals surface area contributed by atoms with Gasteiger partial charge in [0.15, 0.2) is 0 Å². The average Bonchev–Trinajstić information content (AvgIpc) is 3.33. The van der Waals surface area contributed by atoms with E-state index in [4.69, 9.17) is 9.26 Å². The highest BCUT2D eigenvalue weighted by Crippen LogP contribution is 2.32. The molecule has 1 aliphatic carbocycles. The zero-order valence-corrected chi connectivity index (χ0v) is 15.6. The lowest BCUT2D eigenvalue weighted by atomic mass is 9.95. The third-order valence-corrected chi connectivity index (χ3v) is 6.49. The van der Waals surface area contributed by atoms with Crippen molar-refractivity contribution in [3.8, 4) is 0 Å². The quantitative estimate of drug-likeness (QED) is 0.840. The molecular weight excluding hydrogens is 336 g/mol. The predicted octanol–water partition coefficient (Wildman–Crippen LogP) is 3.25. The Bertz CT molecular complexity index is 767. The highest BCUT2D eigenvalue weighted by Gasteiger charge is 2.37. The molecule has 2 atom stereocenters. The first kappa shape index (κ1) is 16.8. The van der Waals surface area contributed by atoms with Crippen LogP contribution >= 0.6 is 11.3 Å². The van der Waals surface area contributed by atoms with Gasteiger partial charge in [-0.15, -0.1) is 11.3 Å². The van der Waals surface area contributed by atoms with Gasteiger partial charge in [-0.3, -0.25) is 4.79 Å². The molecule has 0 bridgehead atoms. The van der Waals surface area contributed by atoms with Crippen LogP contribution in [0.25, 0.3) is 0 Å². The SMILES string of the molecule is CO[C@H]1CN(C(=O)c2csc3c2CCCC3)C[C@H]1Cc1cc(C)no1. The standard InChI is InChI=1S/C19H24N2O3S/c1-12-7-14(24-20-12)8-13-9-21(10-17(13)23-2)19(22)16-11-25-18-6-4-3-5-15(16)18/h7,11,13,17H,3-6,8-10H2,1-2H3/t13-,17+/m1/s1. The molecular formula is C19H24N2O3S. The number of aryl methyl sites for hydroxylation is 2. The number of amides is 1. The van der Waals surface area contributed by atoms with E-state index in [1.165, 1.54) is 23.3 Å². The average molecular weight is 360 g/mol. The van der Waals surface area contributed by atoms with Crippen molar-refractivity contribution >= 4 is 17.2 Å². The van der Waals surface area contributed by atoms with Gasteiger partial charge in [-0.25, -0.2) is 0 Å². The Hall–Kier alpha value is -1.66. The third-order valence-electron chi connectivity index (χ3n) is 5.40. The van der Waals surface area contributed by atoms with Crippen LogP contribution in [0.1, 0.15) is 45.1 Å². The van der Waals surface area contributed by atoms with Crippen molar-refractivity contribution in [2.24, 2.45) is 5.92 Å². The van der Waals surface area contributed by atoms with E-state index in [1.807, 2.05) is 17.9 Å². The summed E-state index contributed by atoms with van der Waals surface area (Å²) in [5, 5.41) is 6.02. The van der Waals surface area contributed by atoms with Gasteiger partial charge < -0.3 is 14.2 Å². The fraction of sp³-hybridized carbons (Fsp3) is 0.579. The Balaban J connectivity index is 1.49. The number of carbonyl (C=O) groups is 1. The first-order valence-electron chi connectivity index (χ1n) is 8.99. The minimum Gasteiger partial charge on any atom is -0.379 e. The Labute approximate surface area is 151 Å². The zero-order chi connectivity index (χ0) is 17.4. The highest BCUT2D eigenvalue weighted by molar-refractivity contribution is 7.10. The van der Waals surface area contributed by atoms with Gasteiger partial charge in [0.2, 0.25) is 0 Å². The molecule has 4 rings (SSSR count). The van der Waals surface area contributed by atoms with Crippen LogP contribution in [0.15, 0.2) is 16.0 Å². The van der Waals surface area contributed by atoms with Gasteiger partial charge in [0, 0.05) is 48.9 Å². The summed E-state index contributed by atoms with van der Waals surface area (Å²) in [5.41, 5.74) is 3.11. The zero-order valence-electron chi connectivity index (χ0n) is 14.8. The van der Waals surface area contributed by atoms with Gasteiger partial charge in [0.25, 0.3) is 5.91 Å². The van der Waals surface area contributed by atoms with Crippen molar-refractivity contribution < 1.29 is 14.1 Å². The Morgan fingerprint density at radius 2 is 2.24 bits per heavy atom. The van der Waals surface area contributed by atoms with E-state index in [0.29, 0.717) is 13.1 Å². The number of carbonyl (C=O) groups excluding carboxylic acids is 1. The Morgan fingerprint density at radius 3 is 3.00 bits per heavy atom. The number of methoxy groups -OCH3 is 1. The van der Waals surface area contributed by atoms with Crippen LogP contribution in [0.5, 0.6) is 0 Å². The van der Waals surface area contributed by atoms with Crippen LogP contribution < -0.4 is 0 Å². The second-order valence-corrected chi connectivity index (χ2v) is 8.11. The van der Waals surface area contributed by atoms with E-state index in [0.717, 1.165) is 36.3 Å². The number of likely N-dealkylation sites (tertiary alicyclic amines) is 1. The lowest BCUT2D eigenvalue weighted by Gasteiger charge is -2.18. The van der Waals surface area contributed by atoms with Crippen molar-refractivity contribution in [2.45, 2.75) is 45.1 Å². The van der Waals surface area contributed by atoms with E-state index in [-0.39, 0.29) is 17.9 Å². The minimum atomic E-state index is 0.0452. The van der Waals surface area contributed by atoms with Crippen LogP contribution in [0.3, 0.4) is 0 Å². The maximum atomic E-state index is 13.1. The first-order chi connectivity index (χ1) is 12.2. The highest BCUT2D eigenvalue weighted by atomic mass is 32.1. The molecule has 0 unspecified atom stereocenters. The van der Waals surface area contributed by atoms with Crippen LogP contribution in [0.2, 0.25) is 0 Å². The summed E-state index contributed by atoms with van der Waals surface area (Å²) in [5.74, 6) is 1.28. The van der Waals surface area contributed by atoms with E-state index in [9.17, 15) is 4.79 Å². The number of aromatic nitrogens is 1. The van der Waals surface area contributed by atoms with Gasteiger partial charge in [-0.1, -0.05) is 5.16 Å². The predicted molar refractivity (Wildman–Crippen MR) is 96.1 cm³/mol. The number of fused-ring (bicyclic) bond motifs is 1. The van der Waals surface area contributed by atoms with Crippen molar-refractivity contribution in [3.05, 3.63) is 38.9 Å². The third kappa shape index (κ3) is 3.25. The van der Waals surface area contributed by atoms with E-state index in [2.05, 4.69) is 10.5 Å². The number of nitrogens with zero attached hydrogens (tertiary/aromatic N) is 2. The van der Waals surface area contributed by atoms with Crippen molar-refractivity contribution in [2.75, 3.05) is 20.2 Å². The molecule has 0 radical (unpaired) electrons. The number of hydrogen-bond donors (Lipinski definition) is 0. The summed E-state index contributed by atoms with van der Waals surface area (Å²) in [6.45, 7) is 3.28. The Kier molecular flexibility index (Phi) is 4.65. The molecule has 5 nitrogen and oxygen atoms in total. The lowest BCUT2D eigenvalue weighted by molar-refractivity contribution is 0.0672. The number of rotatable bonds is 4. The van der Waals surface area contributed by atoms with Crippen LogP contribution in [0, 0.1) is 12.8 Å². The Morgan fingerprint density at radius 1 is 1.40 bits per heavy atom. The number of ether oxygens (including phenoxy) is 1. The molecule has 2 aromatic heterocycles. The summed E-state index contributed by atoms with van der Waals surface area (Å²) in [6, 6.07) is 1.96. The molecule has 2 aromatic rings. The summed E-state index contributed by atoms with van der Waals surface area (Å²) in [6.07, 6.45) is 5.41. The summed E-state index contributed by atoms with van der Waals surface area (Å²) < 4.78 is 11.0. The largest absolute Gasteiger partial charge is 0.379 e. The lowest BCUT2D eigenvalue weighted by Crippen LogP contribution is -2.30. The molecule has 0 N–H and O–H groups in total. The monoisotopic (exact) mass is 360 g/mol. The van der Waals surface area contributed by atoms with Gasteiger partial charge >= 0.3 is 0 Å². The second kappa shape index (κ2) is 6.92. The molecule has 0 spiro atoms. The van der Waals surface area contributed by atoms with E-state index >= 15 is 0 Å². The fourth-order valence-electron chi connectivity index (χ4n) is 4.08. The topological polar surface area (TPSA) is 55.6 Å². The maximum Gasteiger partial charge on any atom is 0.255 e. The minimum absolute atomic E-state index is 0.0452. The molecule has 0 aromatic carbocycles. The normalized spacial score (nSPS) is 23.0. The molecule has 1 aliphatic heterocycles. The summed E-state index contributed by atoms with van der Waals surface area (Å²) in [7, 11) is 1.73. The second-order valence-electron chi connectivity index (χ2n) is 7.14. The summed E-state index contributed by atoms with van der Waals surface area (Å²) in [4.78, 5) is 16.5. The van der Waals surface area contributed by atoms with Crippen LogP contribution in [-0.4, -0.2) is 42.3 Å². The van der Waals surface area contributed by atoms with E-state index < -0.39 is 0 Å². The van der Waals surface area contributed by atoms with Gasteiger partial charge in [-0.2, -0.15) is 0 Å². The fourth-order valence-corrected chi connectivity index (χ4v) is 5.20. The molecule has 2 aliphatic rings. The smallest absolute Gasteiger partial charge is 0.255 e. The van der Waals surface area contributed by atoms with Gasteiger partial charge in [0.05, 0.1) is 17.4 Å². The molecule has 1 amide bonds. The molecule has 0 saturated carbocycles. The maximum absolute atomic E-state index is 13.1. The molecule has 6 heteroatoms. The number of thiophene rings is 1. The van der Waals surface area contributed by atoms with Crippen molar-refractivity contribution in [1.82, 2.24) is 10.1 Å². The number of hydrogen-bond acceptors (Lipinski definition) is 5. The molecule has 3 heterocycles. The van der Waals surface area contributed by atoms with Crippen LogP contribution in [0.4, 0.5) is 0 Å².